The number of aromatic hydroxyl groups is 1. The van der Waals surface area contributed by atoms with Crippen molar-refractivity contribution in [2.75, 3.05) is 55.6 Å². The molecule has 4 aliphatic heterocycles. The van der Waals surface area contributed by atoms with Crippen LogP contribution in [0.15, 0.2) is 60.7 Å². The largest absolute Gasteiger partial charge is 0.508 e. The van der Waals surface area contributed by atoms with Crippen molar-refractivity contribution >= 4 is 29.1 Å². The number of fused-ring (bicyclic) bond motifs is 2. The third kappa shape index (κ3) is 7.00. The SMILES string of the molecule is O=C1CC[C@@H](N2Cc3cc(N4CCN(CC5CCN(c6ccc([C@H]7c8ccc(O)cc8CC[C@H]7C7CCCCC7)cc6)CC5)CC4)ccc3C2=O)C(=O)N1. The fourth-order valence-corrected chi connectivity index (χ4v) is 10.9. The molecular weight excluding hydrogens is 675 g/mol. The van der Waals surface area contributed by atoms with Crippen LogP contribution < -0.4 is 15.1 Å². The Morgan fingerprint density at radius 1 is 0.685 bits per heavy atom. The fourth-order valence-electron chi connectivity index (χ4n) is 10.9. The van der Waals surface area contributed by atoms with Crippen LogP contribution in [0.4, 0.5) is 11.4 Å². The summed E-state index contributed by atoms with van der Waals surface area (Å²) in [6, 6.07) is 21.2. The number of piperidine rings is 2. The number of carbonyl (C=O) groups excluding carboxylic acids is 3. The van der Waals surface area contributed by atoms with Gasteiger partial charge in [-0.05, 0) is 115 Å². The van der Waals surface area contributed by atoms with Crippen molar-refractivity contribution in [1.29, 1.82) is 0 Å². The molecule has 2 N–H and O–H groups in total. The molecule has 9 heteroatoms. The predicted molar refractivity (Wildman–Crippen MR) is 211 cm³/mol. The van der Waals surface area contributed by atoms with Crippen LogP contribution in [0.1, 0.15) is 103 Å². The highest BCUT2D eigenvalue weighted by Gasteiger charge is 2.40. The Bertz CT molecular complexity index is 1870. The molecule has 6 aliphatic rings. The average molecular weight is 730 g/mol. The van der Waals surface area contributed by atoms with E-state index in [1.165, 1.54) is 73.7 Å². The summed E-state index contributed by atoms with van der Waals surface area (Å²) < 4.78 is 0. The topological polar surface area (TPSA) is 96.4 Å². The van der Waals surface area contributed by atoms with E-state index in [4.69, 9.17) is 0 Å². The molecule has 0 aromatic heterocycles. The van der Waals surface area contributed by atoms with E-state index < -0.39 is 6.04 Å². The zero-order valence-corrected chi connectivity index (χ0v) is 31.6. The lowest BCUT2D eigenvalue weighted by Crippen LogP contribution is -2.52. The summed E-state index contributed by atoms with van der Waals surface area (Å²) in [7, 11) is 0. The standard InChI is InChI=1S/C45H55N5O4/c51-37-12-15-39-33(27-37)8-13-38(31-4-2-1-3-5-31)43(39)32-6-9-35(10-7-32)48-20-18-30(19-21-48)28-47-22-24-49(25-23-47)36-11-14-40-34(26-36)29-50(45(40)54)41-16-17-42(52)46-44(41)53/h6-7,9-12,14-15,26-27,30-31,38,41,43,51H,1-5,8,13,16-25,28-29H2,(H,46,52,53)/t38-,41+,43+/m0/s1. The van der Waals surface area contributed by atoms with Crippen LogP contribution in [0, 0.1) is 17.8 Å². The Balaban J connectivity index is 0.773. The van der Waals surface area contributed by atoms with Crippen LogP contribution >= 0.6 is 0 Å². The van der Waals surface area contributed by atoms with Gasteiger partial charge in [-0.1, -0.05) is 50.3 Å². The molecule has 3 saturated heterocycles. The quantitative estimate of drug-likeness (QED) is 0.270. The predicted octanol–water partition coefficient (Wildman–Crippen LogP) is 6.47. The van der Waals surface area contributed by atoms with Crippen LogP contribution in [0.5, 0.6) is 5.75 Å². The van der Waals surface area contributed by atoms with Crippen LogP contribution in [0.25, 0.3) is 0 Å². The van der Waals surface area contributed by atoms with E-state index in [1.54, 1.807) is 4.90 Å². The summed E-state index contributed by atoms with van der Waals surface area (Å²) in [5.74, 6) is 2.26. The number of piperazine rings is 1. The number of phenolic OH excluding ortho intramolecular Hbond substituents is 1. The van der Waals surface area contributed by atoms with Crippen molar-refractivity contribution in [2.24, 2.45) is 17.8 Å². The molecule has 0 radical (unpaired) electrons. The number of benzene rings is 3. The molecule has 9 nitrogen and oxygen atoms in total. The van der Waals surface area contributed by atoms with Gasteiger partial charge in [0.05, 0.1) is 0 Å². The van der Waals surface area contributed by atoms with Gasteiger partial charge >= 0.3 is 0 Å². The van der Waals surface area contributed by atoms with Crippen molar-refractivity contribution in [3.8, 4) is 5.75 Å². The number of amides is 3. The molecule has 3 amide bonds. The van der Waals surface area contributed by atoms with Crippen molar-refractivity contribution in [1.82, 2.24) is 15.1 Å². The maximum atomic E-state index is 13.2. The number of imide groups is 1. The van der Waals surface area contributed by atoms with E-state index in [-0.39, 0.29) is 24.1 Å². The van der Waals surface area contributed by atoms with Gasteiger partial charge in [-0.2, -0.15) is 0 Å². The van der Waals surface area contributed by atoms with E-state index in [2.05, 4.69) is 62.5 Å². The number of rotatable bonds is 7. The number of hydrogen-bond acceptors (Lipinski definition) is 7. The van der Waals surface area contributed by atoms with Gasteiger partial charge in [-0.15, -0.1) is 0 Å². The number of nitrogens with one attached hydrogen (secondary N) is 1. The molecule has 9 rings (SSSR count). The molecule has 0 spiro atoms. The third-order valence-corrected chi connectivity index (χ3v) is 13.9. The smallest absolute Gasteiger partial charge is 0.255 e. The van der Waals surface area contributed by atoms with E-state index in [0.717, 1.165) is 69.4 Å². The van der Waals surface area contributed by atoms with Crippen molar-refractivity contribution < 1.29 is 19.5 Å². The number of nitrogens with zero attached hydrogens (tertiary/aromatic N) is 4. The highest BCUT2D eigenvalue weighted by atomic mass is 16.3. The Kier molecular flexibility index (Phi) is 9.85. The molecule has 0 bridgehead atoms. The minimum Gasteiger partial charge on any atom is -0.508 e. The fraction of sp³-hybridized carbons (Fsp3) is 0.533. The van der Waals surface area contributed by atoms with Crippen molar-refractivity contribution in [3.63, 3.8) is 0 Å². The van der Waals surface area contributed by atoms with Gasteiger partial charge in [0.15, 0.2) is 0 Å². The van der Waals surface area contributed by atoms with Gasteiger partial charge in [-0.3, -0.25) is 24.6 Å². The minimum atomic E-state index is -0.580. The van der Waals surface area contributed by atoms with Crippen LogP contribution in [-0.4, -0.2) is 84.5 Å². The maximum Gasteiger partial charge on any atom is 0.255 e. The molecular formula is C45H55N5O4. The molecule has 1 saturated carbocycles. The van der Waals surface area contributed by atoms with Gasteiger partial charge in [0.2, 0.25) is 11.8 Å². The van der Waals surface area contributed by atoms with Crippen molar-refractivity contribution in [2.45, 2.75) is 89.1 Å². The molecule has 3 aromatic rings. The van der Waals surface area contributed by atoms with Gasteiger partial charge in [-0.25, -0.2) is 0 Å². The van der Waals surface area contributed by atoms with Crippen LogP contribution in [0.2, 0.25) is 0 Å². The number of anilines is 2. The summed E-state index contributed by atoms with van der Waals surface area (Å²) in [6.07, 6.45) is 12.2. The van der Waals surface area contributed by atoms with E-state index in [9.17, 15) is 19.5 Å². The number of phenols is 1. The molecule has 284 valence electrons. The Morgan fingerprint density at radius 2 is 1.43 bits per heavy atom. The molecule has 4 fully saturated rings. The molecule has 4 heterocycles. The molecule has 3 atom stereocenters. The minimum absolute atomic E-state index is 0.116. The van der Waals surface area contributed by atoms with Crippen LogP contribution in [0.3, 0.4) is 0 Å². The lowest BCUT2D eigenvalue weighted by molar-refractivity contribution is -0.136. The van der Waals surface area contributed by atoms with Crippen LogP contribution in [-0.2, 0) is 22.6 Å². The lowest BCUT2D eigenvalue weighted by Gasteiger charge is -2.41. The first kappa shape index (κ1) is 35.3. The first-order valence-electron chi connectivity index (χ1n) is 20.8. The summed E-state index contributed by atoms with van der Waals surface area (Å²) in [5, 5.41) is 12.6. The highest BCUT2D eigenvalue weighted by molar-refractivity contribution is 6.05. The Labute approximate surface area is 319 Å². The third-order valence-electron chi connectivity index (χ3n) is 13.9. The second kappa shape index (κ2) is 15.0. The number of aryl methyl sites for hydroxylation is 1. The zero-order chi connectivity index (χ0) is 36.8. The van der Waals surface area contributed by atoms with Crippen molar-refractivity contribution in [3.05, 3.63) is 88.5 Å². The zero-order valence-electron chi connectivity index (χ0n) is 31.6. The van der Waals surface area contributed by atoms with Gasteiger partial charge in [0, 0.05) is 81.6 Å². The number of hydrogen-bond donors (Lipinski definition) is 2. The average Bonchev–Trinajstić information content (AvgIpc) is 3.53. The molecule has 54 heavy (non-hydrogen) atoms. The normalized spacial score (nSPS) is 25.8. The maximum absolute atomic E-state index is 13.2. The first-order valence-corrected chi connectivity index (χ1v) is 20.8. The summed E-state index contributed by atoms with van der Waals surface area (Å²) in [5.41, 5.74) is 8.34. The first-order chi connectivity index (χ1) is 26.4. The van der Waals surface area contributed by atoms with Gasteiger partial charge in [0.25, 0.3) is 5.91 Å². The molecule has 0 unspecified atom stereocenters. The summed E-state index contributed by atoms with van der Waals surface area (Å²) in [6.45, 7) is 7.76. The monoisotopic (exact) mass is 729 g/mol. The second-order valence-corrected chi connectivity index (χ2v) is 17.0. The second-order valence-electron chi connectivity index (χ2n) is 17.0. The van der Waals surface area contributed by atoms with E-state index >= 15 is 0 Å². The van der Waals surface area contributed by atoms with Gasteiger partial charge in [0.1, 0.15) is 11.8 Å². The summed E-state index contributed by atoms with van der Waals surface area (Å²) in [4.78, 5) is 46.5. The highest BCUT2D eigenvalue weighted by Crippen LogP contribution is 2.48. The van der Waals surface area contributed by atoms with E-state index in [1.807, 2.05) is 18.2 Å². The van der Waals surface area contributed by atoms with Gasteiger partial charge < -0.3 is 19.8 Å². The molecule has 2 aliphatic carbocycles. The Morgan fingerprint density at radius 3 is 2.19 bits per heavy atom. The lowest BCUT2D eigenvalue weighted by atomic mass is 9.64. The Hall–Kier alpha value is -4.37. The van der Waals surface area contributed by atoms with E-state index in [0.29, 0.717) is 42.0 Å². The summed E-state index contributed by atoms with van der Waals surface area (Å²) >= 11 is 0. The molecule has 3 aromatic carbocycles. The number of carbonyl (C=O) groups is 3.